The monoisotopic (exact) mass is 512 g/mol. The third-order valence-corrected chi connectivity index (χ3v) is 6.22. The molecule has 7 nitrogen and oxygen atoms in total. The third kappa shape index (κ3) is 6.17. The first-order valence-corrected chi connectivity index (χ1v) is 11.1. The molecule has 150 valence electrons. The molecule has 1 heterocycles. The van der Waals surface area contributed by atoms with Gasteiger partial charge in [-0.15, -0.1) is 10.2 Å². The van der Waals surface area contributed by atoms with Gasteiger partial charge in [0, 0.05) is 15.2 Å². The number of hydrogen-bond acceptors (Lipinski definition) is 7. The van der Waals surface area contributed by atoms with Gasteiger partial charge in [0.15, 0.2) is 4.34 Å². The van der Waals surface area contributed by atoms with Crippen molar-refractivity contribution < 1.29 is 14.3 Å². The summed E-state index contributed by atoms with van der Waals surface area (Å²) in [6.07, 6.45) is 0. The number of carbonyl (C=O) groups is 2. The Labute approximate surface area is 188 Å². The molecule has 29 heavy (non-hydrogen) atoms. The molecule has 0 spiro atoms. The summed E-state index contributed by atoms with van der Waals surface area (Å²) >= 11 is 11.7. The van der Waals surface area contributed by atoms with E-state index in [1.807, 2.05) is 12.1 Å². The maximum absolute atomic E-state index is 12.5. The number of aromatic nitrogens is 2. The topological polar surface area (TPSA) is 93.2 Å². The number of anilines is 2. The van der Waals surface area contributed by atoms with E-state index < -0.39 is 5.91 Å². The van der Waals surface area contributed by atoms with Crippen LogP contribution in [0, 0.1) is 0 Å². The summed E-state index contributed by atoms with van der Waals surface area (Å²) in [6.45, 7) is 0. The van der Waals surface area contributed by atoms with E-state index >= 15 is 0 Å². The lowest BCUT2D eigenvalue weighted by molar-refractivity contribution is -0.113. The number of thioether (sulfide) groups is 1. The molecule has 11 heteroatoms. The largest absolute Gasteiger partial charge is 0.496 e. The van der Waals surface area contributed by atoms with Crippen molar-refractivity contribution >= 4 is 73.3 Å². The quantitative estimate of drug-likeness (QED) is 0.343. The van der Waals surface area contributed by atoms with Gasteiger partial charge >= 0.3 is 0 Å². The number of ether oxygens (including phenoxy) is 1. The van der Waals surface area contributed by atoms with Crippen molar-refractivity contribution in [2.75, 3.05) is 23.5 Å². The standard InChI is InChI=1S/C18H14BrClN4O3S2/c1-27-14-7-4-11(20)8-13(14)16(26)22-17-23-24-18(29-17)28-9-15(25)21-12-5-2-10(19)3-6-12/h2-8H,9H2,1H3,(H,21,25)(H,22,23,26). The molecule has 0 radical (unpaired) electrons. The Morgan fingerprint density at radius 1 is 1.17 bits per heavy atom. The van der Waals surface area contributed by atoms with Crippen molar-refractivity contribution in [3.05, 3.63) is 57.5 Å². The fraction of sp³-hybridized carbons (Fsp3) is 0.111. The van der Waals surface area contributed by atoms with Crippen LogP contribution in [0.5, 0.6) is 5.75 Å². The van der Waals surface area contributed by atoms with Gasteiger partial charge in [-0.05, 0) is 42.5 Å². The van der Waals surface area contributed by atoms with Crippen LogP contribution in [0.3, 0.4) is 0 Å². The van der Waals surface area contributed by atoms with E-state index in [-0.39, 0.29) is 11.7 Å². The summed E-state index contributed by atoms with van der Waals surface area (Å²) in [5.74, 6) is -0.0109. The van der Waals surface area contributed by atoms with Gasteiger partial charge in [-0.25, -0.2) is 0 Å². The molecule has 0 fully saturated rings. The van der Waals surface area contributed by atoms with Crippen molar-refractivity contribution in [1.82, 2.24) is 10.2 Å². The molecule has 2 amide bonds. The molecule has 0 aliphatic heterocycles. The minimum Gasteiger partial charge on any atom is -0.496 e. The van der Waals surface area contributed by atoms with Gasteiger partial charge in [0.1, 0.15) is 5.75 Å². The second-order valence-corrected chi connectivity index (χ2v) is 9.07. The zero-order valence-electron chi connectivity index (χ0n) is 14.9. The van der Waals surface area contributed by atoms with Crippen LogP contribution in [-0.4, -0.2) is 34.9 Å². The highest BCUT2D eigenvalue weighted by Gasteiger charge is 2.16. The van der Waals surface area contributed by atoms with Gasteiger partial charge in [0.2, 0.25) is 11.0 Å². The number of halogens is 2. The van der Waals surface area contributed by atoms with E-state index in [0.29, 0.717) is 31.5 Å². The Balaban J connectivity index is 1.55. The number of hydrogen-bond donors (Lipinski definition) is 2. The zero-order valence-corrected chi connectivity index (χ0v) is 18.9. The van der Waals surface area contributed by atoms with Crippen LogP contribution in [0.2, 0.25) is 5.02 Å². The van der Waals surface area contributed by atoms with Crippen LogP contribution in [-0.2, 0) is 4.79 Å². The van der Waals surface area contributed by atoms with Crippen LogP contribution < -0.4 is 15.4 Å². The summed E-state index contributed by atoms with van der Waals surface area (Å²) in [4.78, 5) is 24.5. The first-order chi connectivity index (χ1) is 13.9. The molecule has 0 aliphatic rings. The van der Waals surface area contributed by atoms with Crippen LogP contribution in [0.4, 0.5) is 10.8 Å². The number of nitrogens with one attached hydrogen (secondary N) is 2. The fourth-order valence-electron chi connectivity index (χ4n) is 2.20. The highest BCUT2D eigenvalue weighted by Crippen LogP contribution is 2.28. The van der Waals surface area contributed by atoms with Gasteiger partial charge in [0.05, 0.1) is 18.4 Å². The first kappa shape index (κ1) is 21.6. The summed E-state index contributed by atoms with van der Waals surface area (Å²) in [5, 5.41) is 14.1. The highest BCUT2D eigenvalue weighted by molar-refractivity contribution is 9.10. The van der Waals surface area contributed by atoms with Crippen LogP contribution in [0.15, 0.2) is 51.3 Å². The molecule has 0 unspecified atom stereocenters. The Morgan fingerprint density at radius 2 is 1.93 bits per heavy atom. The van der Waals surface area contributed by atoms with E-state index in [2.05, 4.69) is 36.8 Å². The van der Waals surface area contributed by atoms with E-state index in [4.69, 9.17) is 16.3 Å². The molecular formula is C18H14BrClN4O3S2. The van der Waals surface area contributed by atoms with Gasteiger partial charge in [-0.2, -0.15) is 0 Å². The van der Waals surface area contributed by atoms with E-state index in [9.17, 15) is 9.59 Å². The van der Waals surface area contributed by atoms with Crippen molar-refractivity contribution in [2.24, 2.45) is 0 Å². The van der Waals surface area contributed by atoms with Crippen molar-refractivity contribution in [3.8, 4) is 5.75 Å². The molecule has 0 atom stereocenters. The lowest BCUT2D eigenvalue weighted by Crippen LogP contribution is -2.13. The average Bonchev–Trinajstić information content (AvgIpc) is 3.15. The van der Waals surface area contributed by atoms with E-state index in [1.54, 1.807) is 24.3 Å². The Kier molecular flexibility index (Phi) is 7.48. The zero-order chi connectivity index (χ0) is 20.8. The molecule has 1 aromatic heterocycles. The average molecular weight is 514 g/mol. The number of nitrogens with zero attached hydrogens (tertiary/aromatic N) is 2. The number of amides is 2. The van der Waals surface area contributed by atoms with Gasteiger partial charge in [0.25, 0.3) is 5.91 Å². The fourth-order valence-corrected chi connectivity index (χ4v) is 4.18. The predicted molar refractivity (Wildman–Crippen MR) is 119 cm³/mol. The summed E-state index contributed by atoms with van der Waals surface area (Å²) in [7, 11) is 1.47. The van der Waals surface area contributed by atoms with Crippen molar-refractivity contribution in [1.29, 1.82) is 0 Å². The summed E-state index contributed by atoms with van der Waals surface area (Å²) in [5.41, 5.74) is 0.998. The molecule has 2 N–H and O–H groups in total. The summed E-state index contributed by atoms with van der Waals surface area (Å²) in [6, 6.07) is 12.1. The molecule has 2 aromatic carbocycles. The minimum atomic E-state index is -0.412. The third-order valence-electron chi connectivity index (χ3n) is 3.49. The maximum atomic E-state index is 12.5. The normalized spacial score (nSPS) is 10.4. The Bertz CT molecular complexity index is 1030. The van der Waals surface area contributed by atoms with Crippen molar-refractivity contribution in [2.45, 2.75) is 4.34 Å². The van der Waals surface area contributed by atoms with Crippen LogP contribution in [0.1, 0.15) is 10.4 Å². The summed E-state index contributed by atoms with van der Waals surface area (Å²) < 4.78 is 6.67. The number of benzene rings is 2. The number of carbonyl (C=O) groups excluding carboxylic acids is 2. The van der Waals surface area contributed by atoms with Gasteiger partial charge < -0.3 is 10.1 Å². The maximum Gasteiger partial charge on any atom is 0.261 e. The Morgan fingerprint density at radius 3 is 2.66 bits per heavy atom. The molecule has 3 aromatic rings. The Hall–Kier alpha value is -2.14. The van der Waals surface area contributed by atoms with Crippen LogP contribution in [0.25, 0.3) is 0 Å². The number of rotatable bonds is 7. The van der Waals surface area contributed by atoms with Gasteiger partial charge in [-0.1, -0.05) is 50.6 Å². The van der Waals surface area contributed by atoms with Crippen LogP contribution >= 0.6 is 50.6 Å². The van der Waals surface area contributed by atoms with E-state index in [1.165, 1.54) is 36.3 Å². The molecule has 0 bridgehead atoms. The molecule has 0 saturated carbocycles. The highest BCUT2D eigenvalue weighted by atomic mass is 79.9. The van der Waals surface area contributed by atoms with Crippen molar-refractivity contribution in [3.63, 3.8) is 0 Å². The number of methoxy groups -OCH3 is 1. The predicted octanol–water partition coefficient (Wildman–Crippen LogP) is 4.95. The van der Waals surface area contributed by atoms with E-state index in [0.717, 1.165) is 4.47 Å². The second kappa shape index (κ2) is 10.1. The second-order valence-electron chi connectivity index (χ2n) is 5.52. The molecular weight excluding hydrogens is 500 g/mol. The molecule has 0 aliphatic carbocycles. The van der Waals surface area contributed by atoms with Gasteiger partial charge in [-0.3, -0.25) is 14.9 Å². The SMILES string of the molecule is COc1ccc(Cl)cc1C(=O)Nc1nnc(SCC(=O)Nc2ccc(Br)cc2)s1. The molecule has 3 rings (SSSR count). The lowest BCUT2D eigenvalue weighted by atomic mass is 10.2. The lowest BCUT2D eigenvalue weighted by Gasteiger charge is -2.07. The minimum absolute atomic E-state index is 0.165. The first-order valence-electron chi connectivity index (χ1n) is 8.11. The molecule has 0 saturated heterocycles. The smallest absolute Gasteiger partial charge is 0.261 e.